The molecular formula is C14H23BrN2S. The van der Waals surface area contributed by atoms with Crippen LogP contribution in [0.25, 0.3) is 0 Å². The van der Waals surface area contributed by atoms with Gasteiger partial charge in [-0.25, -0.2) is 0 Å². The van der Waals surface area contributed by atoms with Crippen molar-refractivity contribution in [1.29, 1.82) is 0 Å². The van der Waals surface area contributed by atoms with Crippen LogP contribution >= 0.6 is 27.3 Å². The monoisotopic (exact) mass is 330 g/mol. The van der Waals surface area contributed by atoms with E-state index in [1.807, 2.05) is 11.3 Å². The number of hydrogen-bond donors (Lipinski definition) is 1. The fourth-order valence-corrected chi connectivity index (χ4v) is 3.92. The molecule has 0 aliphatic carbocycles. The molecule has 1 N–H and O–H groups in total. The average Bonchev–Trinajstić information content (AvgIpc) is 2.82. The maximum absolute atomic E-state index is 3.61. The van der Waals surface area contributed by atoms with Crippen LogP contribution in [0.4, 0.5) is 0 Å². The first-order chi connectivity index (χ1) is 8.75. The summed E-state index contributed by atoms with van der Waals surface area (Å²) in [4.78, 5) is 4.03. The minimum Gasteiger partial charge on any atom is -0.309 e. The van der Waals surface area contributed by atoms with E-state index in [0.29, 0.717) is 6.04 Å². The van der Waals surface area contributed by atoms with Crippen molar-refractivity contribution >= 4 is 27.3 Å². The van der Waals surface area contributed by atoms with Crippen molar-refractivity contribution in [1.82, 2.24) is 10.2 Å². The zero-order valence-corrected chi connectivity index (χ0v) is 13.5. The molecule has 2 heterocycles. The zero-order chi connectivity index (χ0) is 12.8. The third-order valence-corrected chi connectivity index (χ3v) is 5.38. The van der Waals surface area contributed by atoms with Crippen LogP contribution in [0, 0.1) is 0 Å². The minimum atomic E-state index is 0.475. The predicted molar refractivity (Wildman–Crippen MR) is 83.3 cm³/mol. The highest BCUT2D eigenvalue weighted by atomic mass is 79.9. The van der Waals surface area contributed by atoms with E-state index in [9.17, 15) is 0 Å². The van der Waals surface area contributed by atoms with Crippen LogP contribution in [0.5, 0.6) is 0 Å². The smallest absolute Gasteiger partial charge is 0.0701 e. The Balaban J connectivity index is 1.60. The number of halogens is 1. The van der Waals surface area contributed by atoms with Crippen molar-refractivity contribution in [2.45, 2.75) is 38.6 Å². The number of thiophene rings is 1. The third kappa shape index (κ3) is 4.65. The lowest BCUT2D eigenvalue weighted by Gasteiger charge is -2.26. The molecule has 0 spiro atoms. The van der Waals surface area contributed by atoms with Gasteiger partial charge in [-0.05, 0) is 80.4 Å². The SMILES string of the molecule is CC(NCCCN1CCCCC1)c1ccc(Br)s1. The Morgan fingerprint density at radius 3 is 2.78 bits per heavy atom. The maximum Gasteiger partial charge on any atom is 0.0701 e. The molecule has 1 fully saturated rings. The van der Waals surface area contributed by atoms with E-state index in [1.54, 1.807) is 0 Å². The second-order valence-electron chi connectivity index (χ2n) is 5.07. The standard InChI is InChI=1S/C14H23BrN2S/c1-12(13-6-7-14(15)18-13)16-8-5-11-17-9-3-2-4-10-17/h6-7,12,16H,2-5,8-11H2,1H3. The summed E-state index contributed by atoms with van der Waals surface area (Å²) in [6.45, 7) is 7.25. The molecule has 1 aromatic heterocycles. The molecule has 1 atom stereocenters. The number of likely N-dealkylation sites (tertiary alicyclic amines) is 1. The molecule has 4 heteroatoms. The molecule has 102 valence electrons. The maximum atomic E-state index is 3.61. The summed E-state index contributed by atoms with van der Waals surface area (Å²) < 4.78 is 1.22. The van der Waals surface area contributed by atoms with E-state index >= 15 is 0 Å². The van der Waals surface area contributed by atoms with Crippen molar-refractivity contribution in [2.75, 3.05) is 26.2 Å². The van der Waals surface area contributed by atoms with Crippen LogP contribution in [-0.2, 0) is 0 Å². The van der Waals surface area contributed by atoms with Gasteiger partial charge in [0.25, 0.3) is 0 Å². The van der Waals surface area contributed by atoms with E-state index < -0.39 is 0 Å². The molecule has 0 saturated carbocycles. The summed E-state index contributed by atoms with van der Waals surface area (Å²) in [5, 5.41) is 3.61. The Morgan fingerprint density at radius 2 is 2.11 bits per heavy atom. The van der Waals surface area contributed by atoms with Crippen LogP contribution in [-0.4, -0.2) is 31.1 Å². The van der Waals surface area contributed by atoms with Gasteiger partial charge in [-0.15, -0.1) is 11.3 Å². The van der Waals surface area contributed by atoms with Gasteiger partial charge in [0.1, 0.15) is 0 Å². The summed E-state index contributed by atoms with van der Waals surface area (Å²) in [6, 6.07) is 4.81. The van der Waals surface area contributed by atoms with E-state index in [4.69, 9.17) is 0 Å². The number of hydrogen-bond acceptors (Lipinski definition) is 3. The highest BCUT2D eigenvalue weighted by molar-refractivity contribution is 9.11. The number of rotatable bonds is 6. The molecule has 2 rings (SSSR count). The average molecular weight is 331 g/mol. The Kier molecular flexibility index (Phi) is 6.15. The van der Waals surface area contributed by atoms with Gasteiger partial charge in [0.05, 0.1) is 3.79 Å². The molecule has 2 nitrogen and oxygen atoms in total. The van der Waals surface area contributed by atoms with Gasteiger partial charge in [0.2, 0.25) is 0 Å². The van der Waals surface area contributed by atoms with Crippen LogP contribution in [0.1, 0.15) is 43.5 Å². The minimum absolute atomic E-state index is 0.475. The fourth-order valence-electron chi connectivity index (χ4n) is 2.47. The van der Waals surface area contributed by atoms with Gasteiger partial charge in [-0.3, -0.25) is 0 Å². The van der Waals surface area contributed by atoms with Crippen LogP contribution in [0.15, 0.2) is 15.9 Å². The molecule has 1 unspecified atom stereocenters. The fraction of sp³-hybridized carbons (Fsp3) is 0.714. The van der Waals surface area contributed by atoms with Gasteiger partial charge in [-0.2, -0.15) is 0 Å². The van der Waals surface area contributed by atoms with Gasteiger partial charge >= 0.3 is 0 Å². The Morgan fingerprint density at radius 1 is 1.33 bits per heavy atom. The Hall–Kier alpha value is 0.1000. The van der Waals surface area contributed by atoms with Crippen molar-refractivity contribution in [3.8, 4) is 0 Å². The second kappa shape index (κ2) is 7.63. The van der Waals surface area contributed by atoms with Crippen molar-refractivity contribution < 1.29 is 0 Å². The lowest BCUT2D eigenvalue weighted by Crippen LogP contribution is -2.32. The summed E-state index contributed by atoms with van der Waals surface area (Å²) in [5.41, 5.74) is 0. The van der Waals surface area contributed by atoms with Crippen molar-refractivity contribution in [2.24, 2.45) is 0 Å². The lowest BCUT2D eigenvalue weighted by molar-refractivity contribution is 0.225. The molecule has 1 saturated heterocycles. The summed E-state index contributed by atoms with van der Waals surface area (Å²) in [7, 11) is 0. The van der Waals surface area contributed by atoms with Gasteiger partial charge in [0, 0.05) is 10.9 Å². The van der Waals surface area contributed by atoms with Crippen LogP contribution < -0.4 is 5.32 Å². The van der Waals surface area contributed by atoms with Gasteiger partial charge in [-0.1, -0.05) is 6.42 Å². The third-order valence-electron chi connectivity index (χ3n) is 3.57. The molecule has 0 aromatic carbocycles. The van der Waals surface area contributed by atoms with Gasteiger partial charge in [0.15, 0.2) is 0 Å². The summed E-state index contributed by atoms with van der Waals surface area (Å²) in [6.07, 6.45) is 5.48. The molecule has 0 amide bonds. The van der Waals surface area contributed by atoms with E-state index in [-0.39, 0.29) is 0 Å². The summed E-state index contributed by atoms with van der Waals surface area (Å²) in [5.74, 6) is 0. The molecule has 0 radical (unpaired) electrons. The molecule has 1 aliphatic rings. The Bertz CT molecular complexity index is 347. The van der Waals surface area contributed by atoms with Crippen LogP contribution in [0.2, 0.25) is 0 Å². The van der Waals surface area contributed by atoms with E-state index in [2.05, 4.69) is 45.2 Å². The zero-order valence-electron chi connectivity index (χ0n) is 11.1. The van der Waals surface area contributed by atoms with E-state index in [0.717, 1.165) is 6.54 Å². The molecule has 18 heavy (non-hydrogen) atoms. The quantitative estimate of drug-likeness (QED) is 0.792. The first-order valence-electron chi connectivity index (χ1n) is 6.96. The highest BCUT2D eigenvalue weighted by Gasteiger charge is 2.10. The first-order valence-corrected chi connectivity index (χ1v) is 8.57. The van der Waals surface area contributed by atoms with Crippen molar-refractivity contribution in [3.63, 3.8) is 0 Å². The summed E-state index contributed by atoms with van der Waals surface area (Å²) >= 11 is 5.34. The molecule has 1 aromatic rings. The predicted octanol–water partition coefficient (Wildman–Crippen LogP) is 4.04. The Labute approximate surface area is 123 Å². The lowest BCUT2D eigenvalue weighted by atomic mass is 10.1. The van der Waals surface area contributed by atoms with Gasteiger partial charge < -0.3 is 10.2 Å². The normalized spacial score (nSPS) is 19.0. The van der Waals surface area contributed by atoms with Crippen LogP contribution in [0.3, 0.4) is 0 Å². The first kappa shape index (κ1) is 14.5. The van der Waals surface area contributed by atoms with E-state index in [1.165, 1.54) is 54.0 Å². The number of nitrogens with one attached hydrogen (secondary N) is 1. The number of nitrogens with zero attached hydrogens (tertiary/aromatic N) is 1. The second-order valence-corrected chi connectivity index (χ2v) is 7.57. The van der Waals surface area contributed by atoms with Crippen molar-refractivity contribution in [3.05, 3.63) is 20.8 Å². The largest absolute Gasteiger partial charge is 0.309 e. The molecular weight excluding hydrogens is 308 g/mol. The topological polar surface area (TPSA) is 15.3 Å². The molecule has 0 bridgehead atoms. The highest BCUT2D eigenvalue weighted by Crippen LogP contribution is 2.26. The number of piperidine rings is 1. The molecule has 1 aliphatic heterocycles.